The molecule has 2 rings (SSSR count). The summed E-state index contributed by atoms with van der Waals surface area (Å²) in [6.45, 7) is 8.05. The molecule has 0 aliphatic rings. The molecule has 0 spiro atoms. The van der Waals surface area contributed by atoms with Crippen LogP contribution in [0.2, 0.25) is 0 Å². The van der Waals surface area contributed by atoms with Gasteiger partial charge in [0.1, 0.15) is 0 Å². The highest BCUT2D eigenvalue weighted by molar-refractivity contribution is 9.10. The first kappa shape index (κ1) is 16.0. The zero-order valence-electron chi connectivity index (χ0n) is 12.4. The second kappa shape index (κ2) is 6.15. The lowest BCUT2D eigenvalue weighted by Crippen LogP contribution is -2.08. The van der Waals surface area contributed by atoms with E-state index in [1.54, 1.807) is 24.3 Å². The first-order chi connectivity index (χ1) is 9.79. The van der Waals surface area contributed by atoms with Crippen molar-refractivity contribution in [3.63, 3.8) is 0 Å². The van der Waals surface area contributed by atoms with Crippen molar-refractivity contribution in [2.24, 2.45) is 0 Å². The first-order valence-electron chi connectivity index (χ1n) is 6.57. The van der Waals surface area contributed by atoms with Crippen LogP contribution in [0.15, 0.2) is 22.7 Å². The van der Waals surface area contributed by atoms with E-state index in [1.165, 1.54) is 15.3 Å². The average molecular weight is 369 g/mol. The number of thiophene rings is 1. The van der Waals surface area contributed by atoms with Gasteiger partial charge in [0.25, 0.3) is 5.69 Å². The highest BCUT2D eigenvalue weighted by Crippen LogP contribution is 2.34. The molecule has 0 aliphatic heterocycles. The maximum atomic E-state index is 10.9. The molecule has 112 valence electrons. The van der Waals surface area contributed by atoms with Gasteiger partial charge in [-0.15, -0.1) is 11.3 Å². The molecular formula is C15H17BrN2O2S. The van der Waals surface area contributed by atoms with Crippen LogP contribution < -0.4 is 5.32 Å². The predicted molar refractivity (Wildman–Crippen MR) is 91.4 cm³/mol. The van der Waals surface area contributed by atoms with E-state index in [0.29, 0.717) is 10.0 Å². The largest absolute Gasteiger partial charge is 0.378 e. The number of benzene rings is 1. The lowest BCUT2D eigenvalue weighted by Gasteiger charge is -2.17. The van der Waals surface area contributed by atoms with E-state index in [-0.39, 0.29) is 16.7 Å². The lowest BCUT2D eigenvalue weighted by molar-refractivity contribution is -0.385. The summed E-state index contributed by atoms with van der Waals surface area (Å²) < 4.78 is 0.705. The zero-order valence-corrected chi connectivity index (χ0v) is 14.8. The van der Waals surface area contributed by atoms with E-state index in [1.807, 2.05) is 6.07 Å². The standard InChI is InChI=1S/C15H17BrN2O2S/c1-8-5-14(13(16)7-15(8)18(19)20)17-10(3)12-6-9(2)21-11(12)4/h5-7,10,17H,1-4H3. The van der Waals surface area contributed by atoms with Gasteiger partial charge in [-0.1, -0.05) is 0 Å². The number of anilines is 1. The predicted octanol–water partition coefficient (Wildman–Crippen LogP) is 5.52. The third kappa shape index (κ3) is 3.44. The molecule has 0 aliphatic carbocycles. The van der Waals surface area contributed by atoms with E-state index >= 15 is 0 Å². The Bertz CT molecular complexity index is 697. The van der Waals surface area contributed by atoms with E-state index in [4.69, 9.17) is 0 Å². The molecule has 1 atom stereocenters. The van der Waals surface area contributed by atoms with Gasteiger partial charge < -0.3 is 5.32 Å². The molecule has 2 aromatic rings. The molecule has 1 unspecified atom stereocenters. The van der Waals surface area contributed by atoms with Gasteiger partial charge in [0, 0.05) is 37.6 Å². The van der Waals surface area contributed by atoms with Crippen LogP contribution in [-0.2, 0) is 0 Å². The first-order valence-corrected chi connectivity index (χ1v) is 8.18. The van der Waals surface area contributed by atoms with Crippen molar-refractivity contribution in [3.8, 4) is 0 Å². The molecule has 1 N–H and O–H groups in total. The summed E-state index contributed by atoms with van der Waals surface area (Å²) >= 11 is 5.19. The minimum absolute atomic E-state index is 0.127. The molecule has 0 radical (unpaired) electrons. The average Bonchev–Trinajstić information content (AvgIpc) is 2.72. The van der Waals surface area contributed by atoms with Crippen molar-refractivity contribution >= 4 is 38.6 Å². The van der Waals surface area contributed by atoms with Crippen LogP contribution in [0.3, 0.4) is 0 Å². The molecule has 6 heteroatoms. The molecule has 0 amide bonds. The Morgan fingerprint density at radius 2 is 1.95 bits per heavy atom. The normalized spacial score (nSPS) is 12.2. The maximum Gasteiger partial charge on any atom is 0.273 e. The second-order valence-electron chi connectivity index (χ2n) is 5.11. The molecule has 1 aromatic heterocycles. The Hall–Kier alpha value is -1.40. The lowest BCUT2D eigenvalue weighted by atomic mass is 10.1. The summed E-state index contributed by atoms with van der Waals surface area (Å²) in [4.78, 5) is 13.2. The minimum Gasteiger partial charge on any atom is -0.378 e. The van der Waals surface area contributed by atoms with E-state index in [0.717, 1.165) is 5.69 Å². The Balaban J connectivity index is 2.29. The molecule has 0 fully saturated rings. The van der Waals surface area contributed by atoms with Gasteiger partial charge in [-0.25, -0.2) is 0 Å². The molecule has 4 nitrogen and oxygen atoms in total. The van der Waals surface area contributed by atoms with Crippen LogP contribution >= 0.6 is 27.3 Å². The molecule has 1 heterocycles. The molecule has 21 heavy (non-hydrogen) atoms. The Labute approximate surface area is 136 Å². The fourth-order valence-corrected chi connectivity index (χ4v) is 3.84. The van der Waals surface area contributed by atoms with Gasteiger partial charge in [-0.3, -0.25) is 10.1 Å². The number of nitro groups is 1. The van der Waals surface area contributed by atoms with E-state index in [2.05, 4.69) is 48.1 Å². The van der Waals surface area contributed by atoms with Gasteiger partial charge >= 0.3 is 0 Å². The Morgan fingerprint density at radius 1 is 1.29 bits per heavy atom. The number of nitrogens with one attached hydrogen (secondary N) is 1. The van der Waals surface area contributed by atoms with Gasteiger partial charge in [-0.05, 0) is 61.3 Å². The van der Waals surface area contributed by atoms with Crippen LogP contribution in [0.5, 0.6) is 0 Å². The topological polar surface area (TPSA) is 55.2 Å². The number of nitrogens with zero attached hydrogens (tertiary/aromatic N) is 1. The van der Waals surface area contributed by atoms with E-state index in [9.17, 15) is 10.1 Å². The second-order valence-corrected chi connectivity index (χ2v) is 7.43. The summed E-state index contributed by atoms with van der Waals surface area (Å²) in [5, 5.41) is 14.4. The van der Waals surface area contributed by atoms with Crippen molar-refractivity contribution in [1.29, 1.82) is 0 Å². The van der Waals surface area contributed by atoms with Crippen molar-refractivity contribution in [2.75, 3.05) is 5.32 Å². The van der Waals surface area contributed by atoms with E-state index < -0.39 is 0 Å². The number of halogens is 1. The summed E-state index contributed by atoms with van der Waals surface area (Å²) in [6, 6.07) is 5.69. The highest BCUT2D eigenvalue weighted by atomic mass is 79.9. The third-order valence-electron chi connectivity index (χ3n) is 3.40. The quantitative estimate of drug-likeness (QED) is 0.571. The maximum absolute atomic E-state index is 10.9. The molecule has 0 bridgehead atoms. The zero-order chi connectivity index (χ0) is 15.7. The Morgan fingerprint density at radius 3 is 2.48 bits per heavy atom. The van der Waals surface area contributed by atoms with Gasteiger partial charge in [0.2, 0.25) is 0 Å². The van der Waals surface area contributed by atoms with Crippen LogP contribution in [-0.4, -0.2) is 4.92 Å². The number of hydrogen-bond acceptors (Lipinski definition) is 4. The summed E-state index contributed by atoms with van der Waals surface area (Å²) in [5.74, 6) is 0. The Kier molecular flexibility index (Phi) is 4.68. The van der Waals surface area contributed by atoms with Crippen molar-refractivity contribution in [3.05, 3.63) is 53.7 Å². The van der Waals surface area contributed by atoms with Crippen LogP contribution in [0.1, 0.15) is 33.8 Å². The van der Waals surface area contributed by atoms with Crippen LogP contribution in [0, 0.1) is 30.9 Å². The monoisotopic (exact) mass is 368 g/mol. The van der Waals surface area contributed by atoms with Crippen molar-refractivity contribution < 1.29 is 4.92 Å². The highest BCUT2D eigenvalue weighted by Gasteiger charge is 2.17. The van der Waals surface area contributed by atoms with Crippen LogP contribution in [0.4, 0.5) is 11.4 Å². The summed E-state index contributed by atoms with van der Waals surface area (Å²) in [6.07, 6.45) is 0. The number of nitro benzene ring substituents is 1. The van der Waals surface area contributed by atoms with Gasteiger partial charge in [-0.2, -0.15) is 0 Å². The van der Waals surface area contributed by atoms with Crippen LogP contribution in [0.25, 0.3) is 0 Å². The van der Waals surface area contributed by atoms with Gasteiger partial charge in [0.15, 0.2) is 0 Å². The number of rotatable bonds is 4. The fourth-order valence-electron chi connectivity index (χ4n) is 2.37. The molecule has 0 saturated carbocycles. The number of aryl methyl sites for hydroxylation is 3. The van der Waals surface area contributed by atoms with Crippen molar-refractivity contribution in [2.45, 2.75) is 33.7 Å². The SMILES string of the molecule is Cc1cc(C(C)Nc2cc(C)c([N+](=O)[O-])cc2Br)c(C)s1. The van der Waals surface area contributed by atoms with Gasteiger partial charge in [0.05, 0.1) is 4.92 Å². The third-order valence-corrected chi connectivity index (χ3v) is 5.04. The smallest absolute Gasteiger partial charge is 0.273 e. The van der Waals surface area contributed by atoms with Crippen molar-refractivity contribution in [1.82, 2.24) is 0 Å². The molecular weight excluding hydrogens is 352 g/mol. The molecule has 0 saturated heterocycles. The number of hydrogen-bond donors (Lipinski definition) is 1. The fraction of sp³-hybridized carbons (Fsp3) is 0.333. The molecule has 1 aromatic carbocycles. The minimum atomic E-state index is -0.361. The summed E-state index contributed by atoms with van der Waals surface area (Å²) in [5.41, 5.74) is 2.91. The summed E-state index contributed by atoms with van der Waals surface area (Å²) in [7, 11) is 0.